The van der Waals surface area contributed by atoms with Crippen molar-refractivity contribution in [1.29, 1.82) is 0 Å². The Kier molecular flexibility index (Phi) is 6.06. The lowest BCUT2D eigenvalue weighted by atomic mass is 10.1. The van der Waals surface area contributed by atoms with Crippen LogP contribution in [0.1, 0.15) is 12.5 Å². The van der Waals surface area contributed by atoms with Crippen LogP contribution in [-0.4, -0.2) is 11.2 Å². The summed E-state index contributed by atoms with van der Waals surface area (Å²) in [5, 5.41) is 2.23. The maximum Gasteiger partial charge on any atom is 0.418 e. The van der Waals surface area contributed by atoms with E-state index in [0.29, 0.717) is 5.02 Å². The lowest BCUT2D eigenvalue weighted by molar-refractivity contribution is -0.137. The summed E-state index contributed by atoms with van der Waals surface area (Å²) in [6.45, 7) is 1.61. The number of benzene rings is 2. The fraction of sp³-hybridized carbons (Fsp3) is 0.188. The number of rotatable bonds is 4. The first-order valence-electron chi connectivity index (χ1n) is 6.76. The molecule has 8 heteroatoms. The van der Waals surface area contributed by atoms with E-state index in [9.17, 15) is 18.0 Å². The highest BCUT2D eigenvalue weighted by Crippen LogP contribution is 2.37. The fourth-order valence-electron chi connectivity index (χ4n) is 1.87. The topological polar surface area (TPSA) is 29.1 Å². The normalized spacial score (nSPS) is 12.8. The van der Waals surface area contributed by atoms with Gasteiger partial charge in [0, 0.05) is 14.9 Å². The molecule has 2 aromatic rings. The molecule has 0 radical (unpaired) electrons. The van der Waals surface area contributed by atoms with Gasteiger partial charge in [0.15, 0.2) is 0 Å². The Morgan fingerprint density at radius 2 is 1.67 bits per heavy atom. The number of alkyl halides is 3. The fourth-order valence-corrected chi connectivity index (χ4v) is 3.03. The van der Waals surface area contributed by atoms with Gasteiger partial charge in [-0.3, -0.25) is 4.79 Å². The van der Waals surface area contributed by atoms with Crippen LogP contribution in [0.5, 0.6) is 0 Å². The van der Waals surface area contributed by atoms with E-state index in [1.165, 1.54) is 17.8 Å². The Balaban J connectivity index is 2.13. The number of thioether (sulfide) groups is 1. The molecule has 0 fully saturated rings. The number of anilines is 1. The van der Waals surface area contributed by atoms with Crippen LogP contribution in [0.3, 0.4) is 0 Å². The zero-order chi connectivity index (χ0) is 17.9. The molecular weight excluding hydrogens is 382 g/mol. The van der Waals surface area contributed by atoms with Crippen LogP contribution in [0.2, 0.25) is 10.0 Å². The third kappa shape index (κ3) is 5.06. The van der Waals surface area contributed by atoms with E-state index in [4.69, 9.17) is 23.2 Å². The molecule has 24 heavy (non-hydrogen) atoms. The van der Waals surface area contributed by atoms with E-state index in [0.717, 1.165) is 17.0 Å². The van der Waals surface area contributed by atoms with Crippen LogP contribution in [0.25, 0.3) is 0 Å². The molecule has 0 unspecified atom stereocenters. The van der Waals surface area contributed by atoms with Gasteiger partial charge in [-0.25, -0.2) is 0 Å². The molecule has 2 rings (SSSR count). The predicted octanol–water partition coefficient (Wildman–Crippen LogP) is 6.13. The minimum atomic E-state index is -4.61. The van der Waals surface area contributed by atoms with Gasteiger partial charge in [0.2, 0.25) is 5.91 Å². The molecule has 0 aliphatic carbocycles. The van der Waals surface area contributed by atoms with Crippen molar-refractivity contribution < 1.29 is 18.0 Å². The van der Waals surface area contributed by atoms with Gasteiger partial charge in [0.1, 0.15) is 0 Å². The molecule has 2 nitrogen and oxygen atoms in total. The summed E-state index contributed by atoms with van der Waals surface area (Å²) in [6, 6.07) is 10.0. The van der Waals surface area contributed by atoms with Crippen molar-refractivity contribution in [1.82, 2.24) is 0 Å². The molecule has 0 bridgehead atoms. The first-order valence-corrected chi connectivity index (χ1v) is 8.40. The predicted molar refractivity (Wildman–Crippen MR) is 91.9 cm³/mol. The first-order chi connectivity index (χ1) is 11.2. The molecule has 1 amide bonds. The summed E-state index contributed by atoms with van der Waals surface area (Å²) >= 11 is 12.6. The van der Waals surface area contributed by atoms with Gasteiger partial charge in [-0.15, -0.1) is 11.8 Å². The molecule has 0 heterocycles. The van der Waals surface area contributed by atoms with Crippen molar-refractivity contribution in [2.24, 2.45) is 0 Å². The van der Waals surface area contributed by atoms with Crippen molar-refractivity contribution >= 4 is 46.6 Å². The van der Waals surface area contributed by atoms with Crippen molar-refractivity contribution in [2.45, 2.75) is 23.2 Å². The monoisotopic (exact) mass is 393 g/mol. The second kappa shape index (κ2) is 7.68. The third-order valence-corrected chi connectivity index (χ3v) is 4.64. The maximum atomic E-state index is 13.0. The largest absolute Gasteiger partial charge is 0.418 e. The van der Waals surface area contributed by atoms with Crippen LogP contribution in [0.15, 0.2) is 47.4 Å². The van der Waals surface area contributed by atoms with Gasteiger partial charge in [0.05, 0.1) is 16.5 Å². The van der Waals surface area contributed by atoms with Gasteiger partial charge in [-0.1, -0.05) is 23.2 Å². The van der Waals surface area contributed by atoms with Crippen molar-refractivity contribution in [3.63, 3.8) is 0 Å². The minimum Gasteiger partial charge on any atom is -0.325 e. The second-order valence-electron chi connectivity index (χ2n) is 4.89. The van der Waals surface area contributed by atoms with Crippen molar-refractivity contribution in [2.75, 3.05) is 5.32 Å². The Labute approximate surface area is 151 Å². The third-order valence-electron chi connectivity index (χ3n) is 3.04. The van der Waals surface area contributed by atoms with E-state index in [2.05, 4.69) is 5.32 Å². The number of carbonyl (C=O) groups excluding carboxylic acids is 1. The van der Waals surface area contributed by atoms with Crippen LogP contribution in [0, 0.1) is 0 Å². The molecule has 2 aromatic carbocycles. The van der Waals surface area contributed by atoms with Crippen LogP contribution in [-0.2, 0) is 11.0 Å². The summed E-state index contributed by atoms with van der Waals surface area (Å²) in [5.74, 6) is -0.539. The zero-order valence-electron chi connectivity index (χ0n) is 12.3. The maximum absolute atomic E-state index is 13.0. The van der Waals surface area contributed by atoms with E-state index >= 15 is 0 Å². The zero-order valence-corrected chi connectivity index (χ0v) is 14.7. The first kappa shape index (κ1) is 19.0. The number of hydrogen-bond acceptors (Lipinski definition) is 2. The van der Waals surface area contributed by atoms with Gasteiger partial charge in [-0.2, -0.15) is 13.2 Å². The van der Waals surface area contributed by atoms with Gasteiger partial charge < -0.3 is 5.32 Å². The molecule has 0 aliphatic rings. The molecule has 0 saturated heterocycles. The van der Waals surface area contributed by atoms with Gasteiger partial charge >= 0.3 is 6.18 Å². The summed E-state index contributed by atoms with van der Waals surface area (Å²) in [4.78, 5) is 13.0. The number of carbonyl (C=O) groups is 1. The number of hydrogen-bond donors (Lipinski definition) is 1. The summed E-state index contributed by atoms with van der Waals surface area (Å²) in [6.07, 6.45) is -4.61. The van der Waals surface area contributed by atoms with Gasteiger partial charge in [-0.05, 0) is 49.4 Å². The molecule has 128 valence electrons. The van der Waals surface area contributed by atoms with E-state index in [-0.39, 0.29) is 10.7 Å². The van der Waals surface area contributed by atoms with Crippen LogP contribution >= 0.6 is 35.0 Å². The Morgan fingerprint density at radius 1 is 1.08 bits per heavy atom. The molecule has 0 spiro atoms. The highest BCUT2D eigenvalue weighted by atomic mass is 35.5. The smallest absolute Gasteiger partial charge is 0.325 e. The Bertz CT molecular complexity index is 735. The van der Waals surface area contributed by atoms with E-state index in [1.807, 2.05) is 0 Å². The highest BCUT2D eigenvalue weighted by molar-refractivity contribution is 8.00. The lowest BCUT2D eigenvalue weighted by Crippen LogP contribution is -2.24. The van der Waals surface area contributed by atoms with Crippen molar-refractivity contribution in [3.05, 3.63) is 58.1 Å². The SMILES string of the molecule is C[C@H](Sc1ccc(Cl)cc1)C(=O)Nc1ccc(Cl)cc1C(F)(F)F. The molecule has 0 saturated carbocycles. The number of nitrogens with one attached hydrogen (secondary N) is 1. The average Bonchev–Trinajstić information content (AvgIpc) is 2.50. The second-order valence-corrected chi connectivity index (χ2v) is 7.18. The van der Waals surface area contributed by atoms with Crippen LogP contribution in [0.4, 0.5) is 18.9 Å². The standard InChI is InChI=1S/C16H12Cl2F3NOS/c1-9(24-12-5-2-10(17)3-6-12)15(23)22-14-7-4-11(18)8-13(14)16(19,20)21/h2-9H,1H3,(H,22,23)/t9-/m0/s1. The highest BCUT2D eigenvalue weighted by Gasteiger charge is 2.34. The lowest BCUT2D eigenvalue weighted by Gasteiger charge is -2.16. The quantitative estimate of drug-likeness (QED) is 0.632. The molecule has 0 aliphatic heterocycles. The summed E-state index contributed by atoms with van der Waals surface area (Å²) in [5.41, 5.74) is -1.30. The molecule has 1 N–H and O–H groups in total. The summed E-state index contributed by atoms with van der Waals surface area (Å²) in [7, 11) is 0. The average molecular weight is 394 g/mol. The molecular formula is C16H12Cl2F3NOS. The molecule has 1 atom stereocenters. The number of amides is 1. The Hall–Kier alpha value is -1.37. The number of halogens is 5. The minimum absolute atomic E-state index is 0.0519. The van der Waals surface area contributed by atoms with E-state index < -0.39 is 22.9 Å². The van der Waals surface area contributed by atoms with E-state index in [1.54, 1.807) is 31.2 Å². The summed E-state index contributed by atoms with van der Waals surface area (Å²) < 4.78 is 39.1. The molecule has 0 aromatic heterocycles. The van der Waals surface area contributed by atoms with Crippen molar-refractivity contribution in [3.8, 4) is 0 Å². The Morgan fingerprint density at radius 3 is 2.25 bits per heavy atom. The van der Waals surface area contributed by atoms with Gasteiger partial charge in [0.25, 0.3) is 0 Å². The van der Waals surface area contributed by atoms with Crippen LogP contribution < -0.4 is 5.32 Å².